The van der Waals surface area contributed by atoms with Gasteiger partial charge in [-0.1, -0.05) is 19.1 Å². The molecule has 4 heteroatoms. The van der Waals surface area contributed by atoms with E-state index in [2.05, 4.69) is 41.4 Å². The van der Waals surface area contributed by atoms with Crippen molar-refractivity contribution in [3.63, 3.8) is 0 Å². The van der Waals surface area contributed by atoms with Gasteiger partial charge in [0.15, 0.2) is 0 Å². The molecule has 130 valence electrons. The summed E-state index contributed by atoms with van der Waals surface area (Å²) in [5, 5.41) is 3.52. The van der Waals surface area contributed by atoms with Crippen molar-refractivity contribution < 1.29 is 4.74 Å². The average Bonchev–Trinajstić information content (AvgIpc) is 2.96. The zero-order valence-corrected chi connectivity index (χ0v) is 15.3. The number of methoxy groups -OCH3 is 1. The zero-order valence-electron chi connectivity index (χ0n) is 14.5. The Balaban J connectivity index is 0.00000192. The second-order valence-corrected chi connectivity index (χ2v) is 7.51. The van der Waals surface area contributed by atoms with E-state index < -0.39 is 0 Å². The van der Waals surface area contributed by atoms with Crippen LogP contribution >= 0.6 is 12.4 Å². The monoisotopic (exact) mass is 338 g/mol. The molecule has 0 amide bonds. The van der Waals surface area contributed by atoms with Gasteiger partial charge < -0.3 is 15.0 Å². The van der Waals surface area contributed by atoms with E-state index in [1.807, 2.05) is 0 Å². The van der Waals surface area contributed by atoms with Crippen LogP contribution in [0.25, 0.3) is 0 Å². The summed E-state index contributed by atoms with van der Waals surface area (Å²) in [5.41, 5.74) is 1.95. The Bertz CT molecular complexity index is 463. The lowest BCUT2D eigenvalue weighted by Gasteiger charge is -2.37. The Morgan fingerprint density at radius 1 is 1.22 bits per heavy atom. The highest BCUT2D eigenvalue weighted by Gasteiger charge is 2.32. The molecule has 2 heterocycles. The van der Waals surface area contributed by atoms with Crippen LogP contribution in [0.1, 0.15) is 31.7 Å². The summed E-state index contributed by atoms with van der Waals surface area (Å²) < 4.78 is 5.23. The van der Waals surface area contributed by atoms with Gasteiger partial charge in [0.25, 0.3) is 0 Å². The molecule has 0 radical (unpaired) electrons. The normalized spacial score (nSPS) is 26.0. The second kappa shape index (κ2) is 8.36. The van der Waals surface area contributed by atoms with Crippen molar-refractivity contribution in [3.05, 3.63) is 29.8 Å². The lowest BCUT2D eigenvalue weighted by atomic mass is 9.86. The highest BCUT2D eigenvalue weighted by Crippen LogP contribution is 2.29. The van der Waals surface area contributed by atoms with Crippen LogP contribution in [0, 0.1) is 11.3 Å². The number of likely N-dealkylation sites (tertiary alicyclic amines) is 1. The molecule has 3 nitrogen and oxygen atoms in total. The minimum Gasteiger partial charge on any atom is -0.497 e. The number of piperidine rings is 1. The van der Waals surface area contributed by atoms with Crippen LogP contribution in [-0.4, -0.2) is 44.7 Å². The van der Waals surface area contributed by atoms with Crippen LogP contribution in [0.4, 0.5) is 0 Å². The maximum absolute atomic E-state index is 5.23. The van der Waals surface area contributed by atoms with E-state index in [9.17, 15) is 0 Å². The van der Waals surface area contributed by atoms with Gasteiger partial charge in [-0.3, -0.25) is 0 Å². The molecule has 23 heavy (non-hydrogen) atoms. The Morgan fingerprint density at radius 2 is 1.91 bits per heavy atom. The number of halogens is 1. The molecule has 2 saturated heterocycles. The molecule has 2 aliphatic rings. The summed E-state index contributed by atoms with van der Waals surface area (Å²) in [5.74, 6) is 1.80. The molecule has 0 saturated carbocycles. The molecular formula is C19H31ClN2O. The van der Waals surface area contributed by atoms with E-state index in [1.54, 1.807) is 7.11 Å². The van der Waals surface area contributed by atoms with Gasteiger partial charge in [0.05, 0.1) is 7.11 Å². The van der Waals surface area contributed by atoms with Crippen molar-refractivity contribution in [2.24, 2.45) is 11.3 Å². The first-order valence-electron chi connectivity index (χ1n) is 8.73. The molecule has 3 rings (SSSR count). The van der Waals surface area contributed by atoms with Gasteiger partial charge >= 0.3 is 0 Å². The molecule has 0 aliphatic carbocycles. The van der Waals surface area contributed by atoms with Crippen LogP contribution < -0.4 is 10.1 Å². The van der Waals surface area contributed by atoms with Gasteiger partial charge in [0.2, 0.25) is 0 Å². The third-order valence-corrected chi connectivity index (χ3v) is 5.45. The van der Waals surface area contributed by atoms with Crippen LogP contribution in [0.5, 0.6) is 5.75 Å². The van der Waals surface area contributed by atoms with Gasteiger partial charge in [0.1, 0.15) is 5.75 Å². The van der Waals surface area contributed by atoms with Crippen LogP contribution in [0.3, 0.4) is 0 Å². The van der Waals surface area contributed by atoms with E-state index in [-0.39, 0.29) is 12.4 Å². The largest absolute Gasteiger partial charge is 0.497 e. The number of nitrogens with zero attached hydrogens (tertiary/aromatic N) is 1. The van der Waals surface area contributed by atoms with E-state index >= 15 is 0 Å². The fourth-order valence-electron chi connectivity index (χ4n) is 3.99. The lowest BCUT2D eigenvalue weighted by molar-refractivity contribution is 0.128. The molecule has 2 fully saturated rings. The number of ether oxygens (including phenoxy) is 1. The third-order valence-electron chi connectivity index (χ3n) is 5.45. The predicted molar refractivity (Wildman–Crippen MR) is 98.7 cm³/mol. The highest BCUT2D eigenvalue weighted by molar-refractivity contribution is 5.85. The molecule has 2 aliphatic heterocycles. The molecular weight excluding hydrogens is 308 g/mol. The summed E-state index contributed by atoms with van der Waals surface area (Å²) >= 11 is 0. The second-order valence-electron chi connectivity index (χ2n) is 7.51. The molecule has 0 aromatic heterocycles. The fourth-order valence-corrected chi connectivity index (χ4v) is 3.99. The molecule has 1 aromatic rings. The third kappa shape index (κ3) is 5.10. The molecule has 0 spiro atoms. The SMILES string of the molecule is COc1ccc(CC2CCN(CC3(C)CCNC3)CC2)cc1.Cl. The molecule has 1 unspecified atom stereocenters. The Labute approximate surface area is 147 Å². The number of nitrogens with one attached hydrogen (secondary N) is 1. The average molecular weight is 339 g/mol. The van der Waals surface area contributed by atoms with Crippen LogP contribution in [-0.2, 0) is 6.42 Å². The summed E-state index contributed by atoms with van der Waals surface area (Å²) in [7, 11) is 1.73. The lowest BCUT2D eigenvalue weighted by Crippen LogP contribution is -2.42. The standard InChI is InChI=1S/C19H30N2O.ClH/c1-19(9-10-20-14-19)15-21-11-7-17(8-12-21)13-16-3-5-18(22-2)6-4-16;/h3-6,17,20H,7-15H2,1-2H3;1H. The first-order chi connectivity index (χ1) is 10.7. The van der Waals surface area contributed by atoms with E-state index in [0.29, 0.717) is 5.41 Å². The van der Waals surface area contributed by atoms with E-state index in [4.69, 9.17) is 4.74 Å². The van der Waals surface area contributed by atoms with E-state index in [1.165, 1.54) is 64.0 Å². The van der Waals surface area contributed by atoms with Crippen molar-refractivity contribution >= 4 is 12.4 Å². The highest BCUT2D eigenvalue weighted by atomic mass is 35.5. The Hall–Kier alpha value is -0.770. The Kier molecular flexibility index (Phi) is 6.75. The van der Waals surface area contributed by atoms with Gasteiger partial charge in [-0.05, 0) is 74.3 Å². The molecule has 1 aromatic carbocycles. The van der Waals surface area contributed by atoms with Crippen molar-refractivity contribution in [3.8, 4) is 5.75 Å². The maximum atomic E-state index is 5.23. The fraction of sp³-hybridized carbons (Fsp3) is 0.684. The van der Waals surface area contributed by atoms with Gasteiger partial charge in [0, 0.05) is 13.1 Å². The van der Waals surface area contributed by atoms with Gasteiger partial charge in [-0.25, -0.2) is 0 Å². The van der Waals surface area contributed by atoms with Gasteiger partial charge in [-0.2, -0.15) is 0 Å². The summed E-state index contributed by atoms with van der Waals surface area (Å²) in [6, 6.07) is 8.60. The summed E-state index contributed by atoms with van der Waals surface area (Å²) in [6.45, 7) is 8.65. The molecule has 0 bridgehead atoms. The van der Waals surface area contributed by atoms with Crippen molar-refractivity contribution in [1.82, 2.24) is 10.2 Å². The smallest absolute Gasteiger partial charge is 0.118 e. The minimum absolute atomic E-state index is 0. The number of hydrogen-bond donors (Lipinski definition) is 1. The number of rotatable bonds is 5. The minimum atomic E-state index is 0. The molecule has 1 N–H and O–H groups in total. The van der Waals surface area contributed by atoms with Crippen molar-refractivity contribution in [1.29, 1.82) is 0 Å². The first kappa shape index (κ1) is 18.6. The predicted octanol–water partition coefficient (Wildman–Crippen LogP) is 3.37. The number of hydrogen-bond acceptors (Lipinski definition) is 3. The summed E-state index contributed by atoms with van der Waals surface area (Å²) in [6.07, 6.45) is 5.24. The quantitative estimate of drug-likeness (QED) is 0.890. The van der Waals surface area contributed by atoms with E-state index in [0.717, 1.165) is 11.7 Å². The van der Waals surface area contributed by atoms with Crippen molar-refractivity contribution in [2.45, 2.75) is 32.6 Å². The molecule has 1 atom stereocenters. The van der Waals surface area contributed by atoms with Crippen LogP contribution in [0.15, 0.2) is 24.3 Å². The summed E-state index contributed by atoms with van der Waals surface area (Å²) in [4.78, 5) is 2.69. The van der Waals surface area contributed by atoms with Crippen molar-refractivity contribution in [2.75, 3.05) is 39.8 Å². The zero-order chi connectivity index (χ0) is 15.4. The Morgan fingerprint density at radius 3 is 2.48 bits per heavy atom. The maximum Gasteiger partial charge on any atom is 0.118 e. The van der Waals surface area contributed by atoms with Gasteiger partial charge in [-0.15, -0.1) is 12.4 Å². The van der Waals surface area contributed by atoms with Crippen LogP contribution in [0.2, 0.25) is 0 Å². The number of benzene rings is 1. The topological polar surface area (TPSA) is 24.5 Å². The first-order valence-corrected chi connectivity index (χ1v) is 8.73.